The van der Waals surface area contributed by atoms with Crippen molar-refractivity contribution in [2.45, 2.75) is 20.8 Å². The van der Waals surface area contributed by atoms with Crippen LogP contribution in [0.1, 0.15) is 33.3 Å². The number of thiophene rings is 1. The highest BCUT2D eigenvalue weighted by Crippen LogP contribution is 2.26. The lowest BCUT2D eigenvalue weighted by Crippen LogP contribution is -2.04. The van der Waals surface area contributed by atoms with Gasteiger partial charge in [-0.1, -0.05) is 6.07 Å². The highest BCUT2D eigenvalue weighted by molar-refractivity contribution is 7.12. The van der Waals surface area contributed by atoms with Crippen molar-refractivity contribution in [2.75, 3.05) is 6.61 Å². The van der Waals surface area contributed by atoms with Crippen LogP contribution in [0.2, 0.25) is 0 Å². The molecule has 0 bridgehead atoms. The minimum Gasteiger partial charge on any atom is -0.494 e. The summed E-state index contributed by atoms with van der Waals surface area (Å²) in [6, 6.07) is 7.49. The molecule has 18 heavy (non-hydrogen) atoms. The minimum atomic E-state index is 0.0913. The van der Waals surface area contributed by atoms with Crippen molar-refractivity contribution < 1.29 is 9.53 Å². The van der Waals surface area contributed by atoms with Gasteiger partial charge < -0.3 is 4.74 Å². The molecule has 0 amide bonds. The van der Waals surface area contributed by atoms with Crippen molar-refractivity contribution in [1.29, 1.82) is 0 Å². The molecule has 0 atom stereocenters. The van der Waals surface area contributed by atoms with E-state index in [9.17, 15) is 4.79 Å². The summed E-state index contributed by atoms with van der Waals surface area (Å²) in [7, 11) is 0. The monoisotopic (exact) mass is 260 g/mol. The molecule has 1 aromatic carbocycles. The number of hydrogen-bond donors (Lipinski definition) is 0. The second kappa shape index (κ2) is 5.36. The summed E-state index contributed by atoms with van der Waals surface area (Å²) in [5, 5.41) is 1.92. The van der Waals surface area contributed by atoms with Crippen molar-refractivity contribution in [3.63, 3.8) is 0 Å². The predicted octanol–water partition coefficient (Wildman–Crippen LogP) is 3.99. The Kier molecular flexibility index (Phi) is 3.82. The van der Waals surface area contributed by atoms with Gasteiger partial charge in [0, 0.05) is 5.56 Å². The SMILES string of the molecule is CCOc1ccc(C(=O)c2cccs2)c(C)c1C. The molecule has 2 rings (SSSR count). The average molecular weight is 260 g/mol. The molecule has 0 unspecified atom stereocenters. The second-order valence-corrected chi connectivity index (χ2v) is 5.05. The third-order valence-electron chi connectivity index (χ3n) is 3.03. The number of carbonyl (C=O) groups is 1. The van der Waals surface area contributed by atoms with Crippen molar-refractivity contribution >= 4 is 17.1 Å². The summed E-state index contributed by atoms with van der Waals surface area (Å²) < 4.78 is 5.53. The zero-order valence-corrected chi connectivity index (χ0v) is 11.6. The van der Waals surface area contributed by atoms with Crippen LogP contribution in [0.3, 0.4) is 0 Å². The molecular formula is C15H16O2S. The van der Waals surface area contributed by atoms with Crippen LogP contribution in [-0.2, 0) is 0 Å². The first-order chi connectivity index (χ1) is 8.65. The average Bonchev–Trinajstić information content (AvgIpc) is 2.88. The molecule has 1 heterocycles. The normalized spacial score (nSPS) is 10.4. The first-order valence-electron chi connectivity index (χ1n) is 5.96. The van der Waals surface area contributed by atoms with E-state index < -0.39 is 0 Å². The van der Waals surface area contributed by atoms with Crippen molar-refractivity contribution in [2.24, 2.45) is 0 Å². The van der Waals surface area contributed by atoms with Crippen LogP contribution in [-0.4, -0.2) is 12.4 Å². The maximum atomic E-state index is 12.3. The smallest absolute Gasteiger partial charge is 0.203 e. The fourth-order valence-electron chi connectivity index (χ4n) is 1.89. The highest BCUT2D eigenvalue weighted by Gasteiger charge is 2.15. The molecule has 0 aliphatic heterocycles. The molecular weight excluding hydrogens is 244 g/mol. The first kappa shape index (κ1) is 12.8. The van der Waals surface area contributed by atoms with E-state index in [1.807, 2.05) is 50.4 Å². The third-order valence-corrected chi connectivity index (χ3v) is 3.90. The van der Waals surface area contributed by atoms with Gasteiger partial charge in [0.2, 0.25) is 5.78 Å². The van der Waals surface area contributed by atoms with E-state index in [0.29, 0.717) is 6.61 Å². The fourth-order valence-corrected chi connectivity index (χ4v) is 2.57. The minimum absolute atomic E-state index is 0.0913. The van der Waals surface area contributed by atoms with E-state index in [-0.39, 0.29) is 5.78 Å². The Bertz CT molecular complexity index is 556. The van der Waals surface area contributed by atoms with Crippen LogP contribution >= 0.6 is 11.3 Å². The Labute approximate surface area is 111 Å². The predicted molar refractivity (Wildman–Crippen MR) is 74.8 cm³/mol. The Morgan fingerprint density at radius 3 is 2.61 bits per heavy atom. The molecule has 0 spiro atoms. The maximum Gasteiger partial charge on any atom is 0.203 e. The third kappa shape index (κ3) is 2.31. The van der Waals surface area contributed by atoms with Crippen molar-refractivity contribution in [1.82, 2.24) is 0 Å². The fraction of sp³-hybridized carbons (Fsp3) is 0.267. The van der Waals surface area contributed by atoms with Gasteiger partial charge >= 0.3 is 0 Å². The van der Waals surface area contributed by atoms with E-state index >= 15 is 0 Å². The van der Waals surface area contributed by atoms with Gasteiger partial charge in [-0.05, 0) is 55.5 Å². The number of ether oxygens (including phenoxy) is 1. The Balaban J connectivity index is 2.41. The van der Waals surface area contributed by atoms with Crippen LogP contribution in [0.5, 0.6) is 5.75 Å². The molecule has 0 aliphatic rings. The van der Waals surface area contributed by atoms with E-state index in [0.717, 1.165) is 27.3 Å². The van der Waals surface area contributed by atoms with Gasteiger partial charge in [0.25, 0.3) is 0 Å². The van der Waals surface area contributed by atoms with E-state index in [4.69, 9.17) is 4.74 Å². The van der Waals surface area contributed by atoms with Gasteiger partial charge in [-0.2, -0.15) is 0 Å². The zero-order chi connectivity index (χ0) is 13.1. The molecule has 0 aliphatic carbocycles. The Morgan fingerprint density at radius 1 is 1.22 bits per heavy atom. The van der Waals surface area contributed by atoms with Crippen LogP contribution in [0.4, 0.5) is 0 Å². The van der Waals surface area contributed by atoms with Crippen LogP contribution in [0, 0.1) is 13.8 Å². The van der Waals surface area contributed by atoms with E-state index in [2.05, 4.69) is 0 Å². The number of ketones is 1. The van der Waals surface area contributed by atoms with Crippen molar-refractivity contribution in [3.05, 3.63) is 51.2 Å². The lowest BCUT2D eigenvalue weighted by Gasteiger charge is -2.12. The molecule has 1 aromatic heterocycles. The summed E-state index contributed by atoms with van der Waals surface area (Å²) >= 11 is 1.47. The highest BCUT2D eigenvalue weighted by atomic mass is 32.1. The number of rotatable bonds is 4. The largest absolute Gasteiger partial charge is 0.494 e. The lowest BCUT2D eigenvalue weighted by molar-refractivity contribution is 0.104. The van der Waals surface area contributed by atoms with Gasteiger partial charge in [0.1, 0.15) is 5.75 Å². The summed E-state index contributed by atoms with van der Waals surface area (Å²) in [6.45, 7) is 6.56. The maximum absolute atomic E-state index is 12.3. The molecule has 0 fully saturated rings. The molecule has 3 heteroatoms. The van der Waals surface area contributed by atoms with Crippen LogP contribution in [0.25, 0.3) is 0 Å². The molecule has 0 radical (unpaired) electrons. The van der Waals surface area contributed by atoms with Crippen LogP contribution < -0.4 is 4.74 Å². The van der Waals surface area contributed by atoms with Gasteiger partial charge in [-0.3, -0.25) is 4.79 Å². The standard InChI is InChI=1S/C15H16O2S/c1-4-17-13-8-7-12(10(2)11(13)3)15(16)14-6-5-9-18-14/h5-9H,4H2,1-3H3. The number of benzene rings is 1. The lowest BCUT2D eigenvalue weighted by atomic mass is 9.98. The molecule has 0 N–H and O–H groups in total. The molecule has 94 valence electrons. The first-order valence-corrected chi connectivity index (χ1v) is 6.84. The second-order valence-electron chi connectivity index (χ2n) is 4.10. The summed E-state index contributed by atoms with van der Waals surface area (Å²) in [6.07, 6.45) is 0. The van der Waals surface area contributed by atoms with Gasteiger partial charge in [-0.15, -0.1) is 11.3 Å². The van der Waals surface area contributed by atoms with Gasteiger partial charge in [0.15, 0.2) is 0 Å². The quantitative estimate of drug-likeness (QED) is 0.777. The topological polar surface area (TPSA) is 26.3 Å². The Hall–Kier alpha value is -1.61. The summed E-state index contributed by atoms with van der Waals surface area (Å²) in [5.74, 6) is 0.950. The van der Waals surface area contributed by atoms with Crippen LogP contribution in [0.15, 0.2) is 29.6 Å². The zero-order valence-electron chi connectivity index (χ0n) is 10.8. The number of carbonyl (C=O) groups excluding carboxylic acids is 1. The van der Waals surface area contributed by atoms with E-state index in [1.165, 1.54) is 11.3 Å². The molecule has 2 aromatic rings. The molecule has 2 nitrogen and oxygen atoms in total. The molecule has 0 saturated heterocycles. The van der Waals surface area contributed by atoms with Crippen molar-refractivity contribution in [3.8, 4) is 5.75 Å². The molecule has 0 saturated carbocycles. The summed E-state index contributed by atoms with van der Waals surface area (Å²) in [4.78, 5) is 13.1. The van der Waals surface area contributed by atoms with Gasteiger partial charge in [-0.25, -0.2) is 0 Å². The summed E-state index contributed by atoms with van der Waals surface area (Å²) in [5.41, 5.74) is 2.80. The number of hydrogen-bond acceptors (Lipinski definition) is 3. The van der Waals surface area contributed by atoms with E-state index in [1.54, 1.807) is 0 Å². The van der Waals surface area contributed by atoms with Gasteiger partial charge in [0.05, 0.1) is 11.5 Å². The Morgan fingerprint density at radius 2 is 2.00 bits per heavy atom.